The van der Waals surface area contributed by atoms with E-state index >= 15 is 0 Å². The molecule has 12 heteroatoms. The molecule has 0 atom stereocenters. The van der Waals surface area contributed by atoms with Crippen molar-refractivity contribution >= 4 is 39.2 Å². The number of amides is 1. The number of azo groups is 1. The Balaban J connectivity index is 2.11. The smallest absolute Gasteiger partial charge is 0.339 e. The number of aliphatic carboxylic acids is 1. The molecule has 29 heavy (non-hydrogen) atoms. The van der Waals surface area contributed by atoms with Gasteiger partial charge in [0, 0.05) is 6.42 Å². The first-order valence-electron chi connectivity index (χ1n) is 7.94. The number of hydrogen-bond donors (Lipinski definition) is 4. The molecule has 0 unspecified atom stereocenters. The number of carbonyl (C=O) groups is 3. The monoisotopic (exact) mass is 421 g/mol. The summed E-state index contributed by atoms with van der Waals surface area (Å²) in [6, 6.07) is 8.56. The molecule has 4 N–H and O–H groups in total. The van der Waals surface area contributed by atoms with Crippen LogP contribution in [0.3, 0.4) is 0 Å². The number of benzene rings is 2. The second kappa shape index (κ2) is 8.93. The molecule has 1 amide bonds. The summed E-state index contributed by atoms with van der Waals surface area (Å²) in [5.41, 5.74) is 0.0511. The minimum absolute atomic E-state index is 0.155. The molecule has 0 heterocycles. The van der Waals surface area contributed by atoms with Crippen LogP contribution in [-0.2, 0) is 19.6 Å². The average molecular weight is 421 g/mol. The van der Waals surface area contributed by atoms with Crippen LogP contribution in [0.2, 0.25) is 0 Å². The van der Waals surface area contributed by atoms with Gasteiger partial charge in [-0.05, 0) is 42.5 Å². The minimum atomic E-state index is -4.17. The Morgan fingerprint density at radius 2 is 1.48 bits per heavy atom. The molecule has 11 nitrogen and oxygen atoms in total. The number of sulfonamides is 1. The molecule has 0 saturated carbocycles. The maximum Gasteiger partial charge on any atom is 0.339 e. The van der Waals surface area contributed by atoms with Crippen molar-refractivity contribution in [3.8, 4) is 5.75 Å². The van der Waals surface area contributed by atoms with Crippen LogP contribution < -0.4 is 4.72 Å². The lowest BCUT2D eigenvalue weighted by atomic mass is 10.2. The van der Waals surface area contributed by atoms with Gasteiger partial charge in [0.1, 0.15) is 11.3 Å². The van der Waals surface area contributed by atoms with E-state index in [1.807, 2.05) is 0 Å². The Bertz CT molecular complexity index is 1080. The zero-order valence-corrected chi connectivity index (χ0v) is 15.5. The number of nitrogens with zero attached hydrogens (tertiary/aromatic N) is 2. The van der Waals surface area contributed by atoms with Gasteiger partial charge in [-0.15, -0.1) is 0 Å². The van der Waals surface area contributed by atoms with E-state index in [9.17, 15) is 27.9 Å². The average Bonchev–Trinajstić information content (AvgIpc) is 2.65. The topological polar surface area (TPSA) is 183 Å². The fraction of sp³-hybridized carbons (Fsp3) is 0.118. The summed E-state index contributed by atoms with van der Waals surface area (Å²) in [4.78, 5) is 32.7. The molecular formula is C17H15N3O8S. The van der Waals surface area contributed by atoms with Crippen molar-refractivity contribution in [2.75, 3.05) is 0 Å². The summed E-state index contributed by atoms with van der Waals surface area (Å²) in [7, 11) is -4.17. The summed E-state index contributed by atoms with van der Waals surface area (Å²) in [5, 5.41) is 34.6. The third-order valence-electron chi connectivity index (χ3n) is 3.45. The predicted octanol–water partition coefficient (Wildman–Crippen LogP) is 2.18. The molecule has 0 radical (unpaired) electrons. The van der Waals surface area contributed by atoms with Crippen LogP contribution in [0.25, 0.3) is 0 Å². The summed E-state index contributed by atoms with van der Waals surface area (Å²) in [5.74, 6) is -3.93. The highest BCUT2D eigenvalue weighted by atomic mass is 32.2. The summed E-state index contributed by atoms with van der Waals surface area (Å²) in [6.45, 7) is 0. The van der Waals surface area contributed by atoms with Gasteiger partial charge in [-0.3, -0.25) is 9.59 Å². The quantitative estimate of drug-likeness (QED) is 0.467. The molecule has 0 aliphatic carbocycles. The summed E-state index contributed by atoms with van der Waals surface area (Å²) in [6.07, 6.45) is -0.979. The lowest BCUT2D eigenvalue weighted by Gasteiger charge is -2.06. The van der Waals surface area contributed by atoms with Gasteiger partial charge in [0.25, 0.3) is 10.0 Å². The van der Waals surface area contributed by atoms with E-state index in [1.54, 1.807) is 4.72 Å². The van der Waals surface area contributed by atoms with Gasteiger partial charge >= 0.3 is 11.9 Å². The Labute approximate surface area is 164 Å². The van der Waals surface area contributed by atoms with Gasteiger partial charge in [-0.1, -0.05) is 0 Å². The van der Waals surface area contributed by atoms with Gasteiger partial charge in [0.05, 0.1) is 22.7 Å². The predicted molar refractivity (Wildman–Crippen MR) is 97.9 cm³/mol. The molecule has 2 aromatic rings. The third kappa shape index (κ3) is 6.10. The molecule has 2 rings (SSSR count). The number of carboxylic acid groups (broad SMARTS) is 2. The fourth-order valence-corrected chi connectivity index (χ4v) is 3.06. The molecule has 0 fully saturated rings. The van der Waals surface area contributed by atoms with E-state index in [0.717, 1.165) is 12.1 Å². The molecule has 0 spiro atoms. The molecule has 152 valence electrons. The lowest BCUT2D eigenvalue weighted by Crippen LogP contribution is -2.30. The molecule has 0 aliphatic heterocycles. The zero-order chi connectivity index (χ0) is 21.6. The largest absolute Gasteiger partial charge is 0.507 e. The van der Waals surface area contributed by atoms with Gasteiger partial charge in [-0.2, -0.15) is 10.2 Å². The van der Waals surface area contributed by atoms with Crippen molar-refractivity contribution in [3.63, 3.8) is 0 Å². The maximum absolute atomic E-state index is 12.1. The van der Waals surface area contributed by atoms with Crippen LogP contribution in [-0.4, -0.2) is 41.6 Å². The van der Waals surface area contributed by atoms with Crippen LogP contribution in [0.4, 0.5) is 11.4 Å². The van der Waals surface area contributed by atoms with Crippen LogP contribution in [0.15, 0.2) is 57.6 Å². The van der Waals surface area contributed by atoms with Crippen LogP contribution >= 0.6 is 0 Å². The Morgan fingerprint density at radius 1 is 0.897 bits per heavy atom. The Morgan fingerprint density at radius 3 is 2.07 bits per heavy atom. The van der Waals surface area contributed by atoms with Gasteiger partial charge in [0.2, 0.25) is 5.91 Å². The molecule has 0 bridgehead atoms. The third-order valence-corrected chi connectivity index (χ3v) is 4.84. The van der Waals surface area contributed by atoms with E-state index in [2.05, 4.69) is 10.2 Å². The van der Waals surface area contributed by atoms with Crippen molar-refractivity contribution in [1.82, 2.24) is 4.72 Å². The van der Waals surface area contributed by atoms with Crippen molar-refractivity contribution < 1.29 is 38.1 Å². The van der Waals surface area contributed by atoms with Crippen LogP contribution in [0.1, 0.15) is 23.2 Å². The Kier molecular flexibility index (Phi) is 6.62. The molecule has 0 aliphatic rings. The Hall–Kier alpha value is -3.80. The second-order valence-corrected chi connectivity index (χ2v) is 7.31. The lowest BCUT2D eigenvalue weighted by molar-refractivity contribution is -0.138. The van der Waals surface area contributed by atoms with E-state index in [1.165, 1.54) is 30.3 Å². The van der Waals surface area contributed by atoms with E-state index in [4.69, 9.17) is 10.2 Å². The van der Waals surface area contributed by atoms with Crippen LogP contribution in [0, 0.1) is 0 Å². The van der Waals surface area contributed by atoms with E-state index in [0.29, 0.717) is 0 Å². The van der Waals surface area contributed by atoms with E-state index in [-0.39, 0.29) is 21.8 Å². The zero-order valence-electron chi connectivity index (χ0n) is 14.6. The number of aromatic hydroxyl groups is 1. The fourth-order valence-electron chi connectivity index (χ4n) is 2.05. The molecular weight excluding hydrogens is 406 g/mol. The standard InChI is InChI=1S/C17H15N3O8S/c21-14-6-3-11(9-13(14)17(25)26)19-18-10-1-4-12(5-2-10)29(27,28)20-15(22)7-8-16(23)24/h1-6,9,21H,7-8H2,(H,20,22)(H,23,24)(H,25,26)/b19-18+. The first-order chi connectivity index (χ1) is 13.6. The van der Waals surface area contributed by atoms with Gasteiger partial charge in [0.15, 0.2) is 0 Å². The normalized spacial score (nSPS) is 11.3. The van der Waals surface area contributed by atoms with Crippen molar-refractivity contribution in [2.24, 2.45) is 10.2 Å². The molecule has 0 saturated heterocycles. The number of aromatic carboxylic acids is 1. The van der Waals surface area contributed by atoms with Gasteiger partial charge in [-0.25, -0.2) is 17.9 Å². The number of carboxylic acids is 2. The van der Waals surface area contributed by atoms with Crippen molar-refractivity contribution in [2.45, 2.75) is 17.7 Å². The highest BCUT2D eigenvalue weighted by Gasteiger charge is 2.18. The number of nitrogens with one attached hydrogen (secondary N) is 1. The first kappa shape index (κ1) is 21.5. The summed E-state index contributed by atoms with van der Waals surface area (Å²) >= 11 is 0. The first-order valence-corrected chi connectivity index (χ1v) is 9.42. The number of phenols is 1. The maximum atomic E-state index is 12.1. The van der Waals surface area contributed by atoms with Crippen molar-refractivity contribution in [1.29, 1.82) is 0 Å². The minimum Gasteiger partial charge on any atom is -0.507 e. The molecule has 2 aromatic carbocycles. The van der Waals surface area contributed by atoms with Crippen LogP contribution in [0.5, 0.6) is 5.75 Å². The van der Waals surface area contributed by atoms with E-state index < -0.39 is 46.5 Å². The molecule has 0 aromatic heterocycles. The number of rotatable bonds is 8. The second-order valence-electron chi connectivity index (χ2n) is 5.62. The van der Waals surface area contributed by atoms with Gasteiger partial charge < -0.3 is 15.3 Å². The highest BCUT2D eigenvalue weighted by Crippen LogP contribution is 2.25. The number of carbonyl (C=O) groups excluding carboxylic acids is 1. The van der Waals surface area contributed by atoms with Crippen molar-refractivity contribution in [3.05, 3.63) is 48.0 Å². The summed E-state index contributed by atoms with van der Waals surface area (Å²) < 4.78 is 26.0. The number of hydrogen-bond acceptors (Lipinski definition) is 8. The SMILES string of the molecule is O=C(O)CCC(=O)NS(=O)(=O)c1ccc(/N=N/c2ccc(O)c(C(=O)O)c2)cc1. The highest BCUT2D eigenvalue weighted by molar-refractivity contribution is 7.90.